The van der Waals surface area contributed by atoms with Gasteiger partial charge in [-0.2, -0.15) is 11.3 Å². The number of carbonyl (C=O) groups is 2. The van der Waals surface area contributed by atoms with E-state index in [0.29, 0.717) is 30.3 Å². The van der Waals surface area contributed by atoms with Crippen LogP contribution in [0.3, 0.4) is 0 Å². The summed E-state index contributed by atoms with van der Waals surface area (Å²) in [4.78, 5) is 26.5. The van der Waals surface area contributed by atoms with E-state index < -0.39 is 0 Å². The highest BCUT2D eigenvalue weighted by Gasteiger charge is 2.18. The first-order valence-electron chi connectivity index (χ1n) is 8.18. The molecule has 2 rings (SSSR count). The quantitative estimate of drug-likeness (QED) is 0.782. The number of nitrogens with zero attached hydrogens (tertiary/aromatic N) is 1. The van der Waals surface area contributed by atoms with Gasteiger partial charge in [0.1, 0.15) is 6.61 Å². The van der Waals surface area contributed by atoms with Gasteiger partial charge in [0.2, 0.25) is 5.91 Å². The lowest BCUT2D eigenvalue weighted by molar-refractivity contribution is -0.119. The normalized spacial score (nSPS) is 10.7. The number of methoxy groups -OCH3 is 1. The molecule has 0 atom stereocenters. The first kappa shape index (κ1) is 19.1. The second-order valence-electron chi connectivity index (χ2n) is 6.27. The molecule has 6 heteroatoms. The Morgan fingerprint density at radius 2 is 2.08 bits per heavy atom. The molecule has 1 N–H and O–H groups in total. The van der Waals surface area contributed by atoms with Gasteiger partial charge < -0.3 is 15.0 Å². The average molecular weight is 360 g/mol. The monoisotopic (exact) mass is 360 g/mol. The van der Waals surface area contributed by atoms with Gasteiger partial charge in [-0.3, -0.25) is 9.59 Å². The van der Waals surface area contributed by atoms with Crippen LogP contribution in [-0.2, 0) is 16.1 Å². The van der Waals surface area contributed by atoms with Crippen molar-refractivity contribution in [2.75, 3.05) is 25.6 Å². The third-order valence-corrected chi connectivity index (χ3v) is 4.23. The molecule has 0 aliphatic rings. The minimum atomic E-state index is -0.246. The fourth-order valence-corrected chi connectivity index (χ4v) is 3.16. The van der Waals surface area contributed by atoms with Gasteiger partial charge in [-0.25, -0.2) is 0 Å². The second-order valence-corrected chi connectivity index (χ2v) is 7.05. The standard InChI is InChI=1S/C19H24N2O3S/c1-14(2)10-21(11-15-7-8-25-13-15)19(23)16-5-4-6-17(9-16)20-18(22)12-24-3/h4-9,13-14H,10-12H2,1-3H3,(H,20,22). The van der Waals surface area contributed by atoms with Crippen LogP contribution in [0.4, 0.5) is 5.69 Å². The number of nitrogens with one attached hydrogen (secondary N) is 1. The van der Waals surface area contributed by atoms with Crippen LogP contribution in [0.1, 0.15) is 29.8 Å². The van der Waals surface area contributed by atoms with Crippen LogP contribution in [0, 0.1) is 5.92 Å². The summed E-state index contributed by atoms with van der Waals surface area (Å²) in [5.74, 6) is 0.0827. The first-order valence-corrected chi connectivity index (χ1v) is 9.13. The Kier molecular flexibility index (Phi) is 7.16. The summed E-state index contributed by atoms with van der Waals surface area (Å²) in [5, 5.41) is 6.80. The lowest BCUT2D eigenvalue weighted by atomic mass is 10.1. The van der Waals surface area contributed by atoms with Crippen molar-refractivity contribution in [2.24, 2.45) is 5.92 Å². The maximum atomic E-state index is 13.0. The van der Waals surface area contributed by atoms with Gasteiger partial charge in [0, 0.05) is 31.5 Å². The van der Waals surface area contributed by atoms with E-state index in [0.717, 1.165) is 5.56 Å². The molecule has 0 fully saturated rings. The average Bonchev–Trinajstić information content (AvgIpc) is 3.06. The van der Waals surface area contributed by atoms with Gasteiger partial charge >= 0.3 is 0 Å². The first-order chi connectivity index (χ1) is 12.0. The fourth-order valence-electron chi connectivity index (χ4n) is 2.50. The van der Waals surface area contributed by atoms with Crippen LogP contribution < -0.4 is 5.32 Å². The minimum absolute atomic E-state index is 0.0181. The molecule has 0 saturated carbocycles. The Hall–Kier alpha value is -2.18. The predicted octanol–water partition coefficient (Wildman–Crippen LogP) is 3.63. The van der Waals surface area contributed by atoms with Crippen molar-refractivity contribution in [2.45, 2.75) is 20.4 Å². The summed E-state index contributed by atoms with van der Waals surface area (Å²) in [6.07, 6.45) is 0. The van der Waals surface area contributed by atoms with Gasteiger partial charge in [-0.05, 0) is 46.5 Å². The van der Waals surface area contributed by atoms with Crippen LogP contribution in [0.15, 0.2) is 41.1 Å². The van der Waals surface area contributed by atoms with Crippen molar-refractivity contribution < 1.29 is 14.3 Å². The van der Waals surface area contributed by atoms with Gasteiger partial charge in [0.25, 0.3) is 5.91 Å². The summed E-state index contributed by atoms with van der Waals surface area (Å²) in [5.41, 5.74) is 2.28. The van der Waals surface area contributed by atoms with Crippen LogP contribution in [0.2, 0.25) is 0 Å². The molecule has 1 aromatic heterocycles. The lowest BCUT2D eigenvalue weighted by Gasteiger charge is -2.24. The summed E-state index contributed by atoms with van der Waals surface area (Å²) in [6, 6.07) is 9.04. The third kappa shape index (κ3) is 5.99. The molecule has 0 spiro atoms. The number of hydrogen-bond donors (Lipinski definition) is 1. The highest BCUT2D eigenvalue weighted by atomic mass is 32.1. The van der Waals surface area contributed by atoms with E-state index in [-0.39, 0.29) is 18.4 Å². The Bertz CT molecular complexity index is 698. The molecule has 134 valence electrons. The number of carbonyl (C=O) groups excluding carboxylic acids is 2. The van der Waals surface area contributed by atoms with E-state index in [9.17, 15) is 9.59 Å². The minimum Gasteiger partial charge on any atom is -0.375 e. The van der Waals surface area contributed by atoms with Crippen LogP contribution in [0.25, 0.3) is 0 Å². The molecule has 1 heterocycles. The largest absolute Gasteiger partial charge is 0.375 e. The fraction of sp³-hybridized carbons (Fsp3) is 0.368. The molecule has 0 bridgehead atoms. The topological polar surface area (TPSA) is 58.6 Å². The summed E-state index contributed by atoms with van der Waals surface area (Å²) in [7, 11) is 1.47. The molecule has 0 radical (unpaired) electrons. The molecule has 2 aromatic rings. The zero-order valence-electron chi connectivity index (χ0n) is 14.8. The molecule has 0 unspecified atom stereocenters. The van der Waals surface area contributed by atoms with Gasteiger partial charge in [-0.15, -0.1) is 0 Å². The molecule has 0 aliphatic carbocycles. The van der Waals surface area contributed by atoms with Crippen molar-refractivity contribution in [3.63, 3.8) is 0 Å². The van der Waals surface area contributed by atoms with E-state index >= 15 is 0 Å². The predicted molar refractivity (Wildman–Crippen MR) is 101 cm³/mol. The number of ether oxygens (including phenoxy) is 1. The van der Waals surface area contributed by atoms with Crippen molar-refractivity contribution >= 4 is 28.8 Å². The highest BCUT2D eigenvalue weighted by Crippen LogP contribution is 2.17. The van der Waals surface area contributed by atoms with E-state index in [4.69, 9.17) is 4.74 Å². The SMILES string of the molecule is COCC(=O)Nc1cccc(C(=O)N(Cc2ccsc2)CC(C)C)c1. The van der Waals surface area contributed by atoms with Crippen molar-refractivity contribution in [3.8, 4) is 0 Å². The Morgan fingerprint density at radius 3 is 2.72 bits per heavy atom. The van der Waals surface area contributed by atoms with Crippen molar-refractivity contribution in [1.82, 2.24) is 4.90 Å². The van der Waals surface area contributed by atoms with Crippen LogP contribution in [0.5, 0.6) is 0 Å². The lowest BCUT2D eigenvalue weighted by Crippen LogP contribution is -2.33. The number of thiophene rings is 1. The molecule has 25 heavy (non-hydrogen) atoms. The van der Waals surface area contributed by atoms with E-state index in [1.54, 1.807) is 35.6 Å². The number of rotatable bonds is 8. The van der Waals surface area contributed by atoms with E-state index in [2.05, 4.69) is 24.5 Å². The zero-order chi connectivity index (χ0) is 18.2. The Labute approximate surface area is 152 Å². The van der Waals surface area contributed by atoms with Crippen molar-refractivity contribution in [1.29, 1.82) is 0 Å². The van der Waals surface area contributed by atoms with E-state index in [1.165, 1.54) is 7.11 Å². The molecular formula is C19H24N2O3S. The van der Waals surface area contributed by atoms with Crippen LogP contribution in [-0.4, -0.2) is 37.0 Å². The maximum Gasteiger partial charge on any atom is 0.254 e. The highest BCUT2D eigenvalue weighted by molar-refractivity contribution is 7.07. The molecule has 0 saturated heterocycles. The maximum absolute atomic E-state index is 13.0. The number of benzene rings is 1. The molecule has 5 nitrogen and oxygen atoms in total. The zero-order valence-corrected chi connectivity index (χ0v) is 15.6. The number of amides is 2. The Morgan fingerprint density at radius 1 is 1.28 bits per heavy atom. The van der Waals surface area contributed by atoms with E-state index in [1.807, 2.05) is 16.3 Å². The summed E-state index contributed by atoms with van der Waals surface area (Å²) in [6.45, 7) is 5.43. The summed E-state index contributed by atoms with van der Waals surface area (Å²) < 4.78 is 4.81. The summed E-state index contributed by atoms with van der Waals surface area (Å²) >= 11 is 1.62. The molecule has 2 amide bonds. The second kappa shape index (κ2) is 9.34. The smallest absolute Gasteiger partial charge is 0.254 e. The number of anilines is 1. The molecular weight excluding hydrogens is 336 g/mol. The third-order valence-electron chi connectivity index (χ3n) is 3.49. The Balaban J connectivity index is 2.15. The number of hydrogen-bond acceptors (Lipinski definition) is 4. The molecule has 1 aromatic carbocycles. The van der Waals surface area contributed by atoms with Crippen molar-refractivity contribution in [3.05, 3.63) is 52.2 Å². The van der Waals surface area contributed by atoms with Gasteiger partial charge in [0.05, 0.1) is 0 Å². The van der Waals surface area contributed by atoms with Gasteiger partial charge in [-0.1, -0.05) is 19.9 Å². The van der Waals surface area contributed by atoms with Gasteiger partial charge in [0.15, 0.2) is 0 Å². The molecule has 0 aliphatic heterocycles. The van der Waals surface area contributed by atoms with Crippen LogP contribution >= 0.6 is 11.3 Å².